The van der Waals surface area contributed by atoms with Crippen molar-refractivity contribution in [1.29, 1.82) is 0 Å². The van der Waals surface area contributed by atoms with E-state index in [1.807, 2.05) is 61.5 Å². The van der Waals surface area contributed by atoms with Crippen LogP contribution in [0.15, 0.2) is 65.8 Å². The van der Waals surface area contributed by atoms with Crippen LogP contribution in [0.4, 0.5) is 0 Å². The number of hydrazone groups is 1. The van der Waals surface area contributed by atoms with Gasteiger partial charge in [-0.25, -0.2) is 0 Å². The van der Waals surface area contributed by atoms with E-state index in [0.29, 0.717) is 18.2 Å². The first-order chi connectivity index (χ1) is 14.1. The fourth-order valence-electron chi connectivity index (χ4n) is 4.10. The third-order valence-corrected chi connectivity index (χ3v) is 5.76. The maximum Gasteiger partial charge on any atom is 0.243 e. The summed E-state index contributed by atoms with van der Waals surface area (Å²) in [5.41, 5.74) is 2.88. The Kier molecular flexibility index (Phi) is 4.12. The molecule has 0 spiro atoms. The number of aromatic nitrogens is 1. The van der Waals surface area contributed by atoms with Gasteiger partial charge < -0.3 is 4.74 Å². The summed E-state index contributed by atoms with van der Waals surface area (Å²) in [5.74, 6) is 0.840. The summed E-state index contributed by atoms with van der Waals surface area (Å²) in [6, 6.07) is 20.0. The summed E-state index contributed by atoms with van der Waals surface area (Å²) in [7, 11) is 0. The van der Waals surface area contributed by atoms with Gasteiger partial charge in [-0.05, 0) is 25.0 Å². The lowest BCUT2D eigenvalue weighted by Crippen LogP contribution is -2.43. The SMILES string of the molecule is CC[C@@]1(c2ccccc2)OC(c2cc(C3CC3)nc3ccccc23)=NN1C(C)=O. The second-order valence-electron chi connectivity index (χ2n) is 7.73. The Morgan fingerprint density at radius 3 is 2.55 bits per heavy atom. The molecule has 0 N–H and O–H groups in total. The second-order valence-corrected chi connectivity index (χ2v) is 7.73. The van der Waals surface area contributed by atoms with Crippen molar-refractivity contribution in [2.45, 2.75) is 44.8 Å². The number of hydrogen-bond acceptors (Lipinski definition) is 4. The number of carbonyl (C=O) groups excluding carboxylic acids is 1. The third-order valence-electron chi connectivity index (χ3n) is 5.76. The first kappa shape index (κ1) is 17.9. The molecule has 2 aromatic carbocycles. The molecule has 5 heteroatoms. The molecule has 2 aliphatic rings. The largest absolute Gasteiger partial charge is 0.443 e. The van der Waals surface area contributed by atoms with Crippen molar-refractivity contribution in [2.75, 3.05) is 0 Å². The van der Waals surface area contributed by atoms with Crippen LogP contribution < -0.4 is 0 Å². The highest BCUT2D eigenvalue weighted by Gasteiger charge is 2.48. The Labute approximate surface area is 170 Å². The smallest absolute Gasteiger partial charge is 0.243 e. The molecule has 1 saturated carbocycles. The van der Waals surface area contributed by atoms with Gasteiger partial charge in [0, 0.05) is 41.5 Å². The Morgan fingerprint density at radius 2 is 1.86 bits per heavy atom. The molecule has 3 aromatic rings. The third kappa shape index (κ3) is 2.89. The summed E-state index contributed by atoms with van der Waals surface area (Å²) in [6.07, 6.45) is 2.92. The molecule has 0 radical (unpaired) electrons. The lowest BCUT2D eigenvalue weighted by molar-refractivity contribution is -0.149. The first-order valence-corrected chi connectivity index (χ1v) is 10.2. The number of carbonyl (C=O) groups is 1. The monoisotopic (exact) mass is 385 g/mol. The molecular formula is C24H23N3O2. The maximum absolute atomic E-state index is 12.5. The number of pyridine rings is 1. The molecule has 1 amide bonds. The highest BCUT2D eigenvalue weighted by atomic mass is 16.6. The average Bonchev–Trinajstić information content (AvgIpc) is 3.53. The number of benzene rings is 2. The van der Waals surface area contributed by atoms with E-state index in [-0.39, 0.29) is 5.91 Å². The molecule has 0 saturated heterocycles. The van der Waals surface area contributed by atoms with E-state index in [4.69, 9.17) is 9.72 Å². The van der Waals surface area contributed by atoms with E-state index in [1.165, 1.54) is 24.8 Å². The molecule has 29 heavy (non-hydrogen) atoms. The molecule has 1 aliphatic heterocycles. The standard InChI is InChI=1S/C24H23N3O2/c1-3-24(18-9-5-4-6-10-18)27(16(2)28)26-23(29-24)20-15-22(17-13-14-17)25-21-12-8-7-11-19(20)21/h4-12,15,17H,3,13-14H2,1-2H3/t24-/m0/s1. The van der Waals surface area contributed by atoms with Crippen LogP contribution in [0, 0.1) is 0 Å². The van der Waals surface area contributed by atoms with Crippen molar-refractivity contribution < 1.29 is 9.53 Å². The quantitative estimate of drug-likeness (QED) is 0.641. The van der Waals surface area contributed by atoms with Crippen molar-refractivity contribution in [2.24, 2.45) is 5.10 Å². The van der Waals surface area contributed by atoms with Crippen LogP contribution in [-0.2, 0) is 15.3 Å². The van der Waals surface area contributed by atoms with Gasteiger partial charge in [0.05, 0.1) is 5.52 Å². The van der Waals surface area contributed by atoms with Gasteiger partial charge in [0.2, 0.25) is 17.5 Å². The number of nitrogens with zero attached hydrogens (tertiary/aromatic N) is 3. The fourth-order valence-corrected chi connectivity index (χ4v) is 4.10. The van der Waals surface area contributed by atoms with Gasteiger partial charge in [0.1, 0.15) is 0 Å². The highest BCUT2D eigenvalue weighted by molar-refractivity contribution is 6.07. The van der Waals surface area contributed by atoms with Crippen molar-refractivity contribution in [3.05, 3.63) is 77.5 Å². The van der Waals surface area contributed by atoms with Gasteiger partial charge in [0.15, 0.2) is 0 Å². The molecule has 1 fully saturated rings. The normalized spacial score (nSPS) is 21.2. The van der Waals surface area contributed by atoms with Gasteiger partial charge in [-0.2, -0.15) is 5.01 Å². The lowest BCUT2D eigenvalue weighted by Gasteiger charge is -2.33. The van der Waals surface area contributed by atoms with Gasteiger partial charge >= 0.3 is 0 Å². The molecule has 1 aromatic heterocycles. The average molecular weight is 385 g/mol. The highest BCUT2D eigenvalue weighted by Crippen LogP contribution is 2.43. The van der Waals surface area contributed by atoms with E-state index in [0.717, 1.165) is 27.7 Å². The van der Waals surface area contributed by atoms with Gasteiger partial charge in [-0.3, -0.25) is 9.78 Å². The molecule has 1 aliphatic carbocycles. The predicted molar refractivity (Wildman–Crippen MR) is 112 cm³/mol. The minimum Gasteiger partial charge on any atom is -0.443 e. The molecule has 5 rings (SSSR count). The number of ether oxygens (including phenoxy) is 1. The number of rotatable bonds is 4. The Morgan fingerprint density at radius 1 is 1.14 bits per heavy atom. The Bertz CT molecular complexity index is 1120. The van der Waals surface area contributed by atoms with Gasteiger partial charge in [0.25, 0.3) is 0 Å². The van der Waals surface area contributed by atoms with Gasteiger partial charge in [-0.1, -0.05) is 55.5 Å². The summed E-state index contributed by atoms with van der Waals surface area (Å²) >= 11 is 0. The zero-order valence-electron chi connectivity index (χ0n) is 16.6. The van der Waals surface area contributed by atoms with Crippen LogP contribution in [-0.4, -0.2) is 21.8 Å². The van der Waals surface area contributed by atoms with E-state index in [1.54, 1.807) is 0 Å². The number of amides is 1. The van der Waals surface area contributed by atoms with Crippen LogP contribution in [0.5, 0.6) is 0 Å². The predicted octanol–water partition coefficient (Wildman–Crippen LogP) is 4.92. The van der Waals surface area contributed by atoms with Crippen molar-refractivity contribution in [3.8, 4) is 0 Å². The van der Waals surface area contributed by atoms with Crippen LogP contribution in [0.25, 0.3) is 10.9 Å². The van der Waals surface area contributed by atoms with Gasteiger partial charge in [-0.15, -0.1) is 5.10 Å². The molecule has 5 nitrogen and oxygen atoms in total. The summed E-state index contributed by atoms with van der Waals surface area (Å²) in [6.45, 7) is 3.55. The number of hydrogen-bond donors (Lipinski definition) is 0. The number of fused-ring (bicyclic) bond motifs is 1. The van der Waals surface area contributed by atoms with E-state index in [9.17, 15) is 4.79 Å². The fraction of sp³-hybridized carbons (Fsp3) is 0.292. The molecular weight excluding hydrogens is 362 g/mol. The minimum atomic E-state index is -0.938. The van der Waals surface area contributed by atoms with Crippen LogP contribution in [0.3, 0.4) is 0 Å². The summed E-state index contributed by atoms with van der Waals surface area (Å²) < 4.78 is 6.53. The molecule has 0 bridgehead atoms. The van der Waals surface area contributed by atoms with E-state index >= 15 is 0 Å². The van der Waals surface area contributed by atoms with Crippen LogP contribution >= 0.6 is 0 Å². The van der Waals surface area contributed by atoms with E-state index < -0.39 is 5.72 Å². The topological polar surface area (TPSA) is 54.8 Å². The minimum absolute atomic E-state index is 0.147. The Hall–Kier alpha value is -3.21. The second kappa shape index (κ2) is 6.69. The number of para-hydroxylation sites is 1. The molecule has 1 atom stereocenters. The lowest BCUT2D eigenvalue weighted by atomic mass is 9.99. The maximum atomic E-state index is 12.5. The zero-order chi connectivity index (χ0) is 20.0. The van der Waals surface area contributed by atoms with Crippen LogP contribution in [0.1, 0.15) is 55.8 Å². The Balaban J connectivity index is 1.67. The van der Waals surface area contributed by atoms with E-state index in [2.05, 4.69) is 11.2 Å². The molecule has 0 unspecified atom stereocenters. The molecule has 2 heterocycles. The zero-order valence-corrected chi connectivity index (χ0v) is 16.6. The summed E-state index contributed by atoms with van der Waals surface area (Å²) in [4.78, 5) is 17.4. The summed E-state index contributed by atoms with van der Waals surface area (Å²) in [5, 5.41) is 7.16. The van der Waals surface area contributed by atoms with Crippen molar-refractivity contribution in [1.82, 2.24) is 9.99 Å². The molecule has 146 valence electrons. The van der Waals surface area contributed by atoms with Crippen molar-refractivity contribution in [3.63, 3.8) is 0 Å². The van der Waals surface area contributed by atoms with Crippen LogP contribution in [0.2, 0.25) is 0 Å². The van der Waals surface area contributed by atoms with Crippen molar-refractivity contribution >= 4 is 22.7 Å². The first-order valence-electron chi connectivity index (χ1n) is 10.2.